The average Bonchev–Trinajstić information content (AvgIpc) is 2.64. The second kappa shape index (κ2) is 7.70. The maximum Gasteiger partial charge on any atom is 0.0830 e. The minimum absolute atomic E-state index is 0.0633. The molecule has 1 atom stereocenters. The summed E-state index contributed by atoms with van der Waals surface area (Å²) in [7, 11) is 1.78. The molecule has 0 radical (unpaired) electrons. The number of benzene rings is 2. The highest BCUT2D eigenvalue weighted by molar-refractivity contribution is 5.64. The molecule has 0 bridgehead atoms. The van der Waals surface area contributed by atoms with Crippen molar-refractivity contribution in [2.24, 2.45) is 0 Å². The molecule has 2 aromatic carbocycles. The predicted molar refractivity (Wildman–Crippen MR) is 94.2 cm³/mol. The van der Waals surface area contributed by atoms with Gasteiger partial charge < -0.3 is 4.74 Å². The van der Waals surface area contributed by atoms with Crippen LogP contribution in [0.3, 0.4) is 0 Å². The van der Waals surface area contributed by atoms with Crippen LogP contribution in [0.2, 0.25) is 0 Å². The van der Waals surface area contributed by atoms with E-state index in [1.54, 1.807) is 7.11 Å². The zero-order valence-electron chi connectivity index (χ0n) is 13.4. The number of aromatic nitrogens is 1. The Balaban J connectivity index is 1.84. The number of ether oxygens (including phenoxy) is 1. The molecule has 0 spiro atoms. The lowest BCUT2D eigenvalue weighted by molar-refractivity contribution is 0.0963. The monoisotopic (exact) mass is 303 g/mol. The van der Waals surface area contributed by atoms with Gasteiger partial charge in [0, 0.05) is 18.9 Å². The Labute approximate surface area is 137 Å². The highest BCUT2D eigenvalue weighted by atomic mass is 16.5. The van der Waals surface area contributed by atoms with Gasteiger partial charge in [0.2, 0.25) is 0 Å². The van der Waals surface area contributed by atoms with Gasteiger partial charge in [-0.2, -0.15) is 0 Å². The van der Waals surface area contributed by atoms with Gasteiger partial charge in [-0.25, -0.2) is 0 Å². The van der Waals surface area contributed by atoms with E-state index in [1.165, 1.54) is 11.1 Å². The fraction of sp³-hybridized carbons (Fsp3) is 0.190. The van der Waals surface area contributed by atoms with Crippen molar-refractivity contribution in [2.75, 3.05) is 7.11 Å². The van der Waals surface area contributed by atoms with Crippen LogP contribution in [-0.2, 0) is 11.2 Å². The maximum atomic E-state index is 5.79. The lowest BCUT2D eigenvalue weighted by atomic mass is 9.95. The van der Waals surface area contributed by atoms with Crippen molar-refractivity contribution in [3.05, 3.63) is 90.1 Å². The van der Waals surface area contributed by atoms with Gasteiger partial charge in [-0.1, -0.05) is 60.7 Å². The molecule has 0 aliphatic carbocycles. The molecule has 116 valence electrons. The molecule has 3 aromatic rings. The summed E-state index contributed by atoms with van der Waals surface area (Å²) in [4.78, 5) is 4.49. The second-order valence-electron chi connectivity index (χ2n) is 5.55. The Kier molecular flexibility index (Phi) is 5.17. The van der Waals surface area contributed by atoms with Crippen molar-refractivity contribution in [3.63, 3.8) is 0 Å². The normalized spacial score (nSPS) is 12.0. The molecule has 0 aliphatic heterocycles. The van der Waals surface area contributed by atoms with Gasteiger partial charge in [0.05, 0.1) is 11.8 Å². The molecule has 0 fully saturated rings. The SMILES string of the molecule is COC(CCc1ccccc1)c1ccccc1-c1ccccn1. The summed E-state index contributed by atoms with van der Waals surface area (Å²) in [6.45, 7) is 0. The van der Waals surface area contributed by atoms with Crippen molar-refractivity contribution in [3.8, 4) is 11.3 Å². The Morgan fingerprint density at radius 1 is 0.870 bits per heavy atom. The van der Waals surface area contributed by atoms with E-state index in [4.69, 9.17) is 4.74 Å². The van der Waals surface area contributed by atoms with Crippen molar-refractivity contribution < 1.29 is 4.74 Å². The standard InChI is InChI=1S/C21H21NO/c1-23-21(15-14-17-9-3-2-4-10-17)19-12-6-5-11-18(19)20-13-7-8-16-22-20/h2-13,16,21H,14-15H2,1H3. The van der Waals surface area contributed by atoms with E-state index in [1.807, 2.05) is 30.5 Å². The first-order chi connectivity index (χ1) is 11.4. The summed E-state index contributed by atoms with van der Waals surface area (Å²) in [6.07, 6.45) is 3.84. The van der Waals surface area contributed by atoms with Crippen molar-refractivity contribution >= 4 is 0 Å². The van der Waals surface area contributed by atoms with E-state index >= 15 is 0 Å². The van der Waals surface area contributed by atoms with E-state index in [-0.39, 0.29) is 6.10 Å². The molecule has 0 saturated carbocycles. The quantitative estimate of drug-likeness (QED) is 0.634. The first-order valence-corrected chi connectivity index (χ1v) is 7.95. The van der Waals surface area contributed by atoms with E-state index in [0.29, 0.717) is 0 Å². The van der Waals surface area contributed by atoms with Crippen molar-refractivity contribution in [1.29, 1.82) is 0 Å². The minimum Gasteiger partial charge on any atom is -0.377 e. The zero-order chi connectivity index (χ0) is 15.9. The van der Waals surface area contributed by atoms with Crippen LogP contribution in [0.5, 0.6) is 0 Å². The van der Waals surface area contributed by atoms with E-state index < -0.39 is 0 Å². The van der Waals surface area contributed by atoms with E-state index in [2.05, 4.69) is 53.5 Å². The second-order valence-corrected chi connectivity index (χ2v) is 5.55. The van der Waals surface area contributed by atoms with Crippen molar-refractivity contribution in [1.82, 2.24) is 4.98 Å². The highest BCUT2D eigenvalue weighted by Gasteiger charge is 2.16. The molecule has 2 heteroatoms. The number of rotatable bonds is 6. The fourth-order valence-corrected chi connectivity index (χ4v) is 2.88. The third kappa shape index (κ3) is 3.85. The summed E-state index contributed by atoms with van der Waals surface area (Å²) in [5.41, 5.74) is 4.67. The van der Waals surface area contributed by atoms with Crippen LogP contribution in [-0.4, -0.2) is 12.1 Å². The Morgan fingerprint density at radius 3 is 2.35 bits per heavy atom. The maximum absolute atomic E-state index is 5.79. The molecular formula is C21H21NO. The third-order valence-corrected chi connectivity index (χ3v) is 4.07. The smallest absolute Gasteiger partial charge is 0.0830 e. The van der Waals surface area contributed by atoms with Gasteiger partial charge >= 0.3 is 0 Å². The Bertz CT molecular complexity index is 725. The van der Waals surface area contributed by atoms with Crippen molar-refractivity contribution in [2.45, 2.75) is 18.9 Å². The number of aryl methyl sites for hydroxylation is 1. The van der Waals surface area contributed by atoms with E-state index in [0.717, 1.165) is 24.1 Å². The molecular weight excluding hydrogens is 282 g/mol. The zero-order valence-corrected chi connectivity index (χ0v) is 13.4. The molecule has 1 aromatic heterocycles. The van der Waals surface area contributed by atoms with Gasteiger partial charge in [-0.3, -0.25) is 4.98 Å². The fourth-order valence-electron chi connectivity index (χ4n) is 2.88. The number of hydrogen-bond donors (Lipinski definition) is 0. The van der Waals surface area contributed by atoms with E-state index in [9.17, 15) is 0 Å². The summed E-state index contributed by atoms with van der Waals surface area (Å²) >= 11 is 0. The lowest BCUT2D eigenvalue weighted by Crippen LogP contribution is -2.05. The minimum atomic E-state index is 0.0633. The molecule has 23 heavy (non-hydrogen) atoms. The van der Waals surface area contributed by atoms with Gasteiger partial charge in [-0.15, -0.1) is 0 Å². The van der Waals surface area contributed by atoms with Gasteiger partial charge in [0.1, 0.15) is 0 Å². The van der Waals surface area contributed by atoms with Crippen LogP contribution in [0.4, 0.5) is 0 Å². The van der Waals surface area contributed by atoms with Crippen LogP contribution in [0.15, 0.2) is 79.0 Å². The Morgan fingerprint density at radius 2 is 1.61 bits per heavy atom. The largest absolute Gasteiger partial charge is 0.377 e. The molecule has 1 unspecified atom stereocenters. The molecule has 0 amide bonds. The molecule has 3 rings (SSSR count). The summed E-state index contributed by atoms with van der Waals surface area (Å²) in [6, 6.07) is 24.9. The summed E-state index contributed by atoms with van der Waals surface area (Å²) < 4.78 is 5.79. The van der Waals surface area contributed by atoms with Gasteiger partial charge in [0.25, 0.3) is 0 Å². The molecule has 0 saturated heterocycles. The number of pyridine rings is 1. The Hall–Kier alpha value is -2.45. The first kappa shape index (κ1) is 15.4. The molecule has 0 N–H and O–H groups in total. The lowest BCUT2D eigenvalue weighted by Gasteiger charge is -2.19. The average molecular weight is 303 g/mol. The number of hydrogen-bond acceptors (Lipinski definition) is 2. The van der Waals surface area contributed by atoms with Crippen LogP contribution in [0, 0.1) is 0 Å². The predicted octanol–water partition coefficient (Wildman–Crippen LogP) is 5.07. The molecule has 1 heterocycles. The van der Waals surface area contributed by atoms with Gasteiger partial charge in [-0.05, 0) is 36.1 Å². The number of methoxy groups -OCH3 is 1. The van der Waals surface area contributed by atoms with Crippen LogP contribution < -0.4 is 0 Å². The summed E-state index contributed by atoms with van der Waals surface area (Å²) in [5.74, 6) is 0. The van der Waals surface area contributed by atoms with Crippen LogP contribution >= 0.6 is 0 Å². The topological polar surface area (TPSA) is 22.1 Å². The molecule has 2 nitrogen and oxygen atoms in total. The van der Waals surface area contributed by atoms with Gasteiger partial charge in [0.15, 0.2) is 0 Å². The highest BCUT2D eigenvalue weighted by Crippen LogP contribution is 2.31. The first-order valence-electron chi connectivity index (χ1n) is 7.95. The summed E-state index contributed by atoms with van der Waals surface area (Å²) in [5, 5.41) is 0. The molecule has 0 aliphatic rings. The third-order valence-electron chi connectivity index (χ3n) is 4.07. The number of nitrogens with zero attached hydrogens (tertiary/aromatic N) is 1. The van der Waals surface area contributed by atoms with Crippen LogP contribution in [0.1, 0.15) is 23.7 Å². The van der Waals surface area contributed by atoms with Crippen LogP contribution in [0.25, 0.3) is 11.3 Å².